The summed E-state index contributed by atoms with van der Waals surface area (Å²) in [5.41, 5.74) is 3.30. The number of amides is 1. The van der Waals surface area contributed by atoms with Crippen LogP contribution in [0, 0.1) is 13.8 Å². The van der Waals surface area contributed by atoms with Crippen LogP contribution in [0.1, 0.15) is 33.2 Å². The Bertz CT molecular complexity index is 998. The van der Waals surface area contributed by atoms with Gasteiger partial charge in [-0.15, -0.1) is 0 Å². The zero-order valence-corrected chi connectivity index (χ0v) is 15.7. The number of phenols is 1. The van der Waals surface area contributed by atoms with Gasteiger partial charge in [-0.05, 0) is 49.2 Å². The molecule has 0 aromatic heterocycles. The zero-order chi connectivity index (χ0) is 20.1. The molecule has 0 radical (unpaired) electrons. The molecule has 1 amide bonds. The molecule has 0 aliphatic heterocycles. The third-order valence-corrected chi connectivity index (χ3v) is 4.30. The first kappa shape index (κ1) is 19.2. The van der Waals surface area contributed by atoms with Crippen molar-refractivity contribution in [2.75, 3.05) is 5.32 Å². The Morgan fingerprint density at radius 1 is 0.929 bits per heavy atom. The number of aryl methyl sites for hydroxylation is 2. The lowest BCUT2D eigenvalue weighted by Gasteiger charge is -2.19. The summed E-state index contributed by atoms with van der Waals surface area (Å²) in [7, 11) is 0. The number of rotatable bonds is 5. The highest BCUT2D eigenvalue weighted by atomic mass is 16.5. The highest BCUT2D eigenvalue weighted by Gasteiger charge is 2.26. The lowest BCUT2D eigenvalue weighted by atomic mass is 10.1. The van der Waals surface area contributed by atoms with Crippen LogP contribution < -0.4 is 5.32 Å². The maximum absolute atomic E-state index is 13.0. The van der Waals surface area contributed by atoms with Crippen LogP contribution in [0.4, 0.5) is 5.69 Å². The van der Waals surface area contributed by atoms with Gasteiger partial charge < -0.3 is 15.2 Å². The number of aromatic hydroxyl groups is 1. The van der Waals surface area contributed by atoms with E-state index < -0.39 is 18.0 Å². The Balaban J connectivity index is 1.88. The maximum atomic E-state index is 13.0. The molecule has 5 nitrogen and oxygen atoms in total. The molecule has 0 aliphatic rings. The van der Waals surface area contributed by atoms with Crippen molar-refractivity contribution >= 4 is 17.6 Å². The van der Waals surface area contributed by atoms with Crippen LogP contribution in [-0.4, -0.2) is 17.0 Å². The standard InChI is InChI=1S/C23H21NO4/c1-15-11-12-16(2)20(13-15)24-22(26)21(17-7-4-3-5-8-17)28-23(27)18-9-6-10-19(25)14-18/h3-14,21,25H,1-2H3,(H,24,26)/t21-/m0/s1. The normalized spacial score (nSPS) is 11.5. The first-order valence-electron chi connectivity index (χ1n) is 8.87. The van der Waals surface area contributed by atoms with Crippen LogP contribution in [-0.2, 0) is 9.53 Å². The van der Waals surface area contributed by atoms with Gasteiger partial charge in [-0.2, -0.15) is 0 Å². The van der Waals surface area contributed by atoms with E-state index in [9.17, 15) is 14.7 Å². The number of carbonyl (C=O) groups is 2. The fourth-order valence-corrected chi connectivity index (χ4v) is 2.78. The highest BCUT2D eigenvalue weighted by Crippen LogP contribution is 2.24. The van der Waals surface area contributed by atoms with Crippen molar-refractivity contribution in [1.82, 2.24) is 0 Å². The second kappa shape index (κ2) is 8.39. The van der Waals surface area contributed by atoms with E-state index in [1.54, 1.807) is 30.3 Å². The van der Waals surface area contributed by atoms with Crippen molar-refractivity contribution in [2.45, 2.75) is 20.0 Å². The molecule has 0 bridgehead atoms. The second-order valence-electron chi connectivity index (χ2n) is 6.55. The van der Waals surface area contributed by atoms with Gasteiger partial charge in [-0.25, -0.2) is 4.79 Å². The minimum atomic E-state index is -1.13. The smallest absolute Gasteiger partial charge is 0.339 e. The summed E-state index contributed by atoms with van der Waals surface area (Å²) in [5.74, 6) is -1.19. The van der Waals surface area contributed by atoms with Crippen molar-refractivity contribution in [1.29, 1.82) is 0 Å². The summed E-state index contributed by atoms with van der Waals surface area (Å²) in [4.78, 5) is 25.5. The molecule has 3 aromatic carbocycles. The summed E-state index contributed by atoms with van der Waals surface area (Å²) in [6.07, 6.45) is -1.13. The predicted molar refractivity (Wildman–Crippen MR) is 107 cm³/mol. The molecule has 2 N–H and O–H groups in total. The molecular weight excluding hydrogens is 354 g/mol. The first-order valence-corrected chi connectivity index (χ1v) is 8.87. The molecule has 142 valence electrons. The first-order chi connectivity index (χ1) is 13.4. The summed E-state index contributed by atoms with van der Waals surface area (Å²) >= 11 is 0. The van der Waals surface area contributed by atoms with Gasteiger partial charge in [0.25, 0.3) is 5.91 Å². The van der Waals surface area contributed by atoms with Gasteiger partial charge in [-0.1, -0.05) is 48.5 Å². The molecule has 0 spiro atoms. The van der Waals surface area contributed by atoms with Gasteiger partial charge in [0, 0.05) is 11.3 Å². The molecule has 0 saturated carbocycles. The van der Waals surface area contributed by atoms with E-state index in [0.717, 1.165) is 11.1 Å². The Morgan fingerprint density at radius 3 is 2.39 bits per heavy atom. The van der Waals surface area contributed by atoms with Gasteiger partial charge in [0.1, 0.15) is 5.75 Å². The molecule has 0 saturated heterocycles. The predicted octanol–water partition coefficient (Wildman–Crippen LogP) is 4.55. The molecule has 5 heteroatoms. The van der Waals surface area contributed by atoms with Crippen molar-refractivity contribution in [3.63, 3.8) is 0 Å². The third kappa shape index (κ3) is 4.57. The SMILES string of the molecule is Cc1ccc(C)c(NC(=O)[C@@H](OC(=O)c2cccc(O)c2)c2ccccc2)c1. The van der Waals surface area contributed by atoms with Crippen LogP contribution in [0.3, 0.4) is 0 Å². The molecule has 0 fully saturated rings. The monoisotopic (exact) mass is 375 g/mol. The largest absolute Gasteiger partial charge is 0.508 e. The quantitative estimate of drug-likeness (QED) is 0.642. The number of carbonyl (C=O) groups excluding carboxylic acids is 2. The van der Waals surface area contributed by atoms with E-state index in [1.807, 2.05) is 38.1 Å². The minimum Gasteiger partial charge on any atom is -0.508 e. The molecule has 28 heavy (non-hydrogen) atoms. The number of hydrogen-bond acceptors (Lipinski definition) is 4. The van der Waals surface area contributed by atoms with E-state index in [4.69, 9.17) is 4.74 Å². The molecule has 1 atom stereocenters. The van der Waals surface area contributed by atoms with E-state index in [-0.39, 0.29) is 11.3 Å². The van der Waals surface area contributed by atoms with E-state index in [1.165, 1.54) is 18.2 Å². The Morgan fingerprint density at radius 2 is 1.68 bits per heavy atom. The molecule has 0 aliphatic carbocycles. The third-order valence-electron chi connectivity index (χ3n) is 4.30. The summed E-state index contributed by atoms with van der Waals surface area (Å²) in [6, 6.07) is 20.4. The van der Waals surface area contributed by atoms with Gasteiger partial charge >= 0.3 is 5.97 Å². The number of anilines is 1. The summed E-state index contributed by atoms with van der Waals surface area (Å²) in [6.45, 7) is 3.83. The van der Waals surface area contributed by atoms with Crippen molar-refractivity contribution in [2.24, 2.45) is 0 Å². The Hall–Kier alpha value is -3.60. The average Bonchev–Trinajstić information content (AvgIpc) is 2.69. The molecule has 0 unspecified atom stereocenters. The van der Waals surface area contributed by atoms with E-state index in [0.29, 0.717) is 11.3 Å². The van der Waals surface area contributed by atoms with Crippen LogP contribution in [0.2, 0.25) is 0 Å². The van der Waals surface area contributed by atoms with Gasteiger partial charge in [0.2, 0.25) is 6.10 Å². The lowest BCUT2D eigenvalue weighted by molar-refractivity contribution is -0.125. The molecule has 3 aromatic rings. The topological polar surface area (TPSA) is 75.6 Å². The highest BCUT2D eigenvalue weighted by molar-refractivity contribution is 5.98. The number of phenolic OH excluding ortho intramolecular Hbond substituents is 1. The van der Waals surface area contributed by atoms with Crippen LogP contribution in [0.25, 0.3) is 0 Å². The van der Waals surface area contributed by atoms with Crippen molar-refractivity contribution in [3.8, 4) is 5.75 Å². The van der Waals surface area contributed by atoms with Crippen molar-refractivity contribution < 1.29 is 19.4 Å². The van der Waals surface area contributed by atoms with Gasteiger partial charge in [0.15, 0.2) is 0 Å². The van der Waals surface area contributed by atoms with Crippen LogP contribution >= 0.6 is 0 Å². The fourth-order valence-electron chi connectivity index (χ4n) is 2.78. The fraction of sp³-hybridized carbons (Fsp3) is 0.130. The lowest BCUT2D eigenvalue weighted by Crippen LogP contribution is -2.26. The number of esters is 1. The number of benzene rings is 3. The number of hydrogen-bond donors (Lipinski definition) is 2. The number of ether oxygens (including phenoxy) is 1. The van der Waals surface area contributed by atoms with E-state index in [2.05, 4.69) is 5.32 Å². The molecule has 3 rings (SSSR count). The Kier molecular flexibility index (Phi) is 5.75. The molecule has 0 heterocycles. The van der Waals surface area contributed by atoms with Gasteiger partial charge in [0.05, 0.1) is 5.56 Å². The van der Waals surface area contributed by atoms with Gasteiger partial charge in [-0.3, -0.25) is 4.79 Å². The minimum absolute atomic E-state index is 0.0504. The zero-order valence-electron chi connectivity index (χ0n) is 15.7. The average molecular weight is 375 g/mol. The Labute approximate surface area is 163 Å². The second-order valence-corrected chi connectivity index (χ2v) is 6.55. The summed E-state index contributed by atoms with van der Waals surface area (Å²) in [5, 5.41) is 12.4. The van der Waals surface area contributed by atoms with Crippen molar-refractivity contribution in [3.05, 3.63) is 95.1 Å². The van der Waals surface area contributed by atoms with Crippen LogP contribution in [0.5, 0.6) is 5.75 Å². The van der Waals surface area contributed by atoms with E-state index >= 15 is 0 Å². The number of nitrogens with one attached hydrogen (secondary N) is 1. The maximum Gasteiger partial charge on any atom is 0.339 e. The van der Waals surface area contributed by atoms with Crippen LogP contribution in [0.15, 0.2) is 72.8 Å². The molecular formula is C23H21NO4. The summed E-state index contributed by atoms with van der Waals surface area (Å²) < 4.78 is 5.52.